The quantitative estimate of drug-likeness (QED) is 0.772. The van der Waals surface area contributed by atoms with Crippen LogP contribution in [0.3, 0.4) is 0 Å². The molecule has 0 bridgehead atoms. The first kappa shape index (κ1) is 17.8. The molecule has 0 aromatic heterocycles. The van der Waals surface area contributed by atoms with E-state index in [1.54, 1.807) is 30.3 Å². The molecule has 0 spiro atoms. The van der Waals surface area contributed by atoms with Gasteiger partial charge >= 0.3 is 0 Å². The van der Waals surface area contributed by atoms with Crippen LogP contribution in [0.5, 0.6) is 11.5 Å². The maximum atomic E-state index is 12.0. The molecule has 2 aromatic carbocycles. The van der Waals surface area contributed by atoms with Crippen molar-refractivity contribution in [1.29, 1.82) is 0 Å². The molecule has 126 valence electrons. The Kier molecular flexibility index (Phi) is 6.21. The lowest BCUT2D eigenvalue weighted by atomic mass is 10.2. The molecular weight excluding hydrogens is 330 g/mol. The van der Waals surface area contributed by atoms with Crippen LogP contribution in [-0.4, -0.2) is 25.4 Å². The molecule has 1 amide bonds. The van der Waals surface area contributed by atoms with Crippen molar-refractivity contribution < 1.29 is 19.1 Å². The summed E-state index contributed by atoms with van der Waals surface area (Å²) in [5, 5.41) is 3.16. The van der Waals surface area contributed by atoms with E-state index in [1.165, 1.54) is 0 Å². The first-order valence-electron chi connectivity index (χ1n) is 7.44. The minimum Gasteiger partial charge on any atom is -0.490 e. The number of hydrogen-bond acceptors (Lipinski definition) is 4. The smallest absolute Gasteiger partial charge is 0.262 e. The molecule has 1 N–H and O–H groups in total. The highest BCUT2D eigenvalue weighted by molar-refractivity contribution is 6.33. The summed E-state index contributed by atoms with van der Waals surface area (Å²) in [5.41, 5.74) is 2.00. The van der Waals surface area contributed by atoms with Gasteiger partial charge in [-0.25, -0.2) is 0 Å². The second kappa shape index (κ2) is 8.36. The van der Waals surface area contributed by atoms with Crippen molar-refractivity contribution in [2.75, 3.05) is 18.5 Å². The van der Waals surface area contributed by atoms with E-state index in [0.29, 0.717) is 34.4 Å². The molecule has 0 radical (unpaired) electrons. The molecule has 0 heterocycles. The van der Waals surface area contributed by atoms with Crippen molar-refractivity contribution in [3.8, 4) is 11.5 Å². The summed E-state index contributed by atoms with van der Waals surface area (Å²) in [6, 6.07) is 10.1. The van der Waals surface area contributed by atoms with Crippen LogP contribution >= 0.6 is 11.6 Å². The highest BCUT2D eigenvalue weighted by atomic mass is 35.5. The Labute approximate surface area is 145 Å². The first-order chi connectivity index (χ1) is 11.5. The van der Waals surface area contributed by atoms with Gasteiger partial charge in [0.2, 0.25) is 0 Å². The number of ether oxygens (including phenoxy) is 2. The van der Waals surface area contributed by atoms with E-state index in [0.717, 1.165) is 11.8 Å². The number of anilines is 1. The van der Waals surface area contributed by atoms with E-state index >= 15 is 0 Å². The maximum absolute atomic E-state index is 12.0. The fourth-order valence-corrected chi connectivity index (χ4v) is 2.32. The number of halogens is 1. The number of rotatable bonds is 7. The average Bonchev–Trinajstić information content (AvgIpc) is 2.56. The zero-order valence-electron chi connectivity index (χ0n) is 13.5. The highest BCUT2D eigenvalue weighted by Gasteiger charge is 2.10. The molecule has 2 aromatic rings. The average molecular weight is 348 g/mol. The summed E-state index contributed by atoms with van der Waals surface area (Å²) in [6.07, 6.45) is 0.721. The Morgan fingerprint density at radius 2 is 1.96 bits per heavy atom. The topological polar surface area (TPSA) is 64.6 Å². The number of carbonyl (C=O) groups excluding carboxylic acids is 2. The lowest BCUT2D eigenvalue weighted by Gasteiger charge is -2.13. The first-order valence-corrected chi connectivity index (χ1v) is 7.82. The summed E-state index contributed by atoms with van der Waals surface area (Å²) in [5.74, 6) is 0.471. The van der Waals surface area contributed by atoms with Crippen LogP contribution in [0.25, 0.3) is 0 Å². The maximum Gasteiger partial charge on any atom is 0.262 e. The molecule has 2 rings (SSSR count). The summed E-state index contributed by atoms with van der Waals surface area (Å²) in [4.78, 5) is 22.8. The second-order valence-electron chi connectivity index (χ2n) is 5.08. The molecule has 0 aliphatic rings. The van der Waals surface area contributed by atoms with Gasteiger partial charge in [0.25, 0.3) is 5.91 Å². The van der Waals surface area contributed by atoms with E-state index in [-0.39, 0.29) is 12.5 Å². The summed E-state index contributed by atoms with van der Waals surface area (Å²) < 4.78 is 10.9. The molecular formula is C18H18ClNO4. The van der Waals surface area contributed by atoms with Crippen molar-refractivity contribution in [2.45, 2.75) is 13.8 Å². The van der Waals surface area contributed by atoms with Crippen LogP contribution in [0.2, 0.25) is 5.02 Å². The van der Waals surface area contributed by atoms with Crippen molar-refractivity contribution in [3.63, 3.8) is 0 Å². The van der Waals surface area contributed by atoms with Crippen LogP contribution in [-0.2, 0) is 4.79 Å². The molecule has 0 atom stereocenters. The summed E-state index contributed by atoms with van der Waals surface area (Å²) in [7, 11) is 0. The fourth-order valence-electron chi connectivity index (χ4n) is 2.04. The number of carbonyl (C=O) groups is 2. The van der Waals surface area contributed by atoms with Crippen molar-refractivity contribution in [3.05, 3.63) is 52.5 Å². The van der Waals surface area contributed by atoms with E-state index in [2.05, 4.69) is 5.32 Å². The number of benzene rings is 2. The third kappa shape index (κ3) is 4.73. The Bertz CT molecular complexity index is 746. The van der Waals surface area contributed by atoms with Gasteiger partial charge in [-0.1, -0.05) is 17.7 Å². The van der Waals surface area contributed by atoms with Gasteiger partial charge in [0.15, 0.2) is 18.1 Å². The predicted molar refractivity (Wildman–Crippen MR) is 93.3 cm³/mol. The Morgan fingerprint density at radius 1 is 1.17 bits per heavy atom. The third-order valence-corrected chi connectivity index (χ3v) is 3.47. The zero-order chi connectivity index (χ0) is 17.5. The number of hydrogen-bond donors (Lipinski definition) is 1. The minimum atomic E-state index is -0.345. The fraction of sp³-hybridized carbons (Fsp3) is 0.222. The second-order valence-corrected chi connectivity index (χ2v) is 5.48. The van der Waals surface area contributed by atoms with Gasteiger partial charge < -0.3 is 14.8 Å². The lowest BCUT2D eigenvalue weighted by molar-refractivity contribution is -0.118. The van der Waals surface area contributed by atoms with Crippen LogP contribution in [0.15, 0.2) is 36.4 Å². The van der Waals surface area contributed by atoms with E-state index in [9.17, 15) is 9.59 Å². The van der Waals surface area contributed by atoms with Gasteiger partial charge in [0, 0.05) is 5.56 Å². The van der Waals surface area contributed by atoms with Crippen LogP contribution in [0.4, 0.5) is 5.69 Å². The minimum absolute atomic E-state index is 0.204. The van der Waals surface area contributed by atoms with Crippen molar-refractivity contribution >= 4 is 29.5 Å². The standard InChI is InChI=1S/C18H18ClNO4/c1-3-23-17-9-13(10-21)5-7-16(17)24-11-18(22)20-15-6-4-12(2)8-14(15)19/h4-10H,3,11H2,1-2H3,(H,20,22). The van der Waals surface area contributed by atoms with E-state index in [4.69, 9.17) is 21.1 Å². The molecule has 0 saturated carbocycles. The molecule has 6 heteroatoms. The number of aryl methyl sites for hydroxylation is 1. The number of aldehydes is 1. The SMILES string of the molecule is CCOc1cc(C=O)ccc1OCC(=O)Nc1ccc(C)cc1Cl. The largest absolute Gasteiger partial charge is 0.490 e. The Morgan fingerprint density at radius 3 is 2.62 bits per heavy atom. The highest BCUT2D eigenvalue weighted by Crippen LogP contribution is 2.28. The van der Waals surface area contributed by atoms with Crippen LogP contribution in [0, 0.1) is 6.92 Å². The molecule has 0 saturated heterocycles. The van der Waals surface area contributed by atoms with Crippen LogP contribution < -0.4 is 14.8 Å². The predicted octanol–water partition coefficient (Wildman–Crippen LogP) is 3.88. The van der Waals surface area contributed by atoms with Gasteiger partial charge in [-0.15, -0.1) is 0 Å². The van der Waals surface area contributed by atoms with E-state index < -0.39 is 0 Å². The Hall–Kier alpha value is -2.53. The van der Waals surface area contributed by atoms with Crippen molar-refractivity contribution in [1.82, 2.24) is 0 Å². The number of amides is 1. The van der Waals surface area contributed by atoms with Crippen molar-refractivity contribution in [2.24, 2.45) is 0 Å². The van der Waals surface area contributed by atoms with Gasteiger partial charge in [0.1, 0.15) is 6.29 Å². The van der Waals surface area contributed by atoms with Gasteiger partial charge in [-0.3, -0.25) is 9.59 Å². The Balaban J connectivity index is 2.02. The number of nitrogens with one attached hydrogen (secondary N) is 1. The molecule has 0 aliphatic heterocycles. The monoisotopic (exact) mass is 347 g/mol. The molecule has 0 unspecified atom stereocenters. The van der Waals surface area contributed by atoms with E-state index in [1.807, 2.05) is 19.9 Å². The van der Waals surface area contributed by atoms with Gasteiger partial charge in [-0.05, 0) is 49.7 Å². The summed E-state index contributed by atoms with van der Waals surface area (Å²) in [6.45, 7) is 3.96. The van der Waals surface area contributed by atoms with Gasteiger partial charge in [0.05, 0.1) is 17.3 Å². The zero-order valence-corrected chi connectivity index (χ0v) is 14.2. The summed E-state index contributed by atoms with van der Waals surface area (Å²) >= 11 is 6.08. The molecule has 24 heavy (non-hydrogen) atoms. The molecule has 5 nitrogen and oxygen atoms in total. The normalized spacial score (nSPS) is 10.1. The van der Waals surface area contributed by atoms with Gasteiger partial charge in [-0.2, -0.15) is 0 Å². The lowest BCUT2D eigenvalue weighted by Crippen LogP contribution is -2.20. The molecule has 0 fully saturated rings. The molecule has 0 aliphatic carbocycles. The van der Waals surface area contributed by atoms with Crippen LogP contribution in [0.1, 0.15) is 22.8 Å². The third-order valence-electron chi connectivity index (χ3n) is 3.16.